The lowest BCUT2D eigenvalue weighted by Gasteiger charge is -2.07. The quantitative estimate of drug-likeness (QED) is 0.735. The minimum Gasteiger partial charge on any atom is -0.490 e. The summed E-state index contributed by atoms with van der Waals surface area (Å²) in [5.74, 6) is 0.858. The zero-order valence-corrected chi connectivity index (χ0v) is 9.97. The monoisotopic (exact) mass is 228 g/mol. The molecule has 2 aromatic rings. The van der Waals surface area contributed by atoms with Gasteiger partial charge in [0.2, 0.25) is 0 Å². The molecule has 0 saturated heterocycles. The molecule has 0 aliphatic carbocycles. The molecule has 2 rings (SSSR count). The highest BCUT2D eigenvalue weighted by atomic mass is 16.5. The van der Waals surface area contributed by atoms with Crippen LogP contribution in [-0.4, -0.2) is 16.2 Å². The van der Waals surface area contributed by atoms with E-state index in [0.29, 0.717) is 6.61 Å². The number of imidazole rings is 1. The van der Waals surface area contributed by atoms with Gasteiger partial charge in [-0.05, 0) is 31.2 Å². The number of aryl methyl sites for hydroxylation is 1. The Hall–Kier alpha value is -2.03. The van der Waals surface area contributed by atoms with Crippen molar-refractivity contribution in [1.82, 2.24) is 9.55 Å². The molecule has 0 atom stereocenters. The summed E-state index contributed by atoms with van der Waals surface area (Å²) < 4.78 is 7.55. The van der Waals surface area contributed by atoms with Crippen molar-refractivity contribution < 1.29 is 4.74 Å². The van der Waals surface area contributed by atoms with Crippen LogP contribution in [0.2, 0.25) is 0 Å². The lowest BCUT2D eigenvalue weighted by atomic mass is 10.1. The molecule has 0 amide bonds. The normalized spacial score (nSPS) is 10.2. The number of hydrogen-bond acceptors (Lipinski definition) is 2. The van der Waals surface area contributed by atoms with Crippen molar-refractivity contribution in [3.8, 4) is 17.0 Å². The van der Waals surface area contributed by atoms with Crippen molar-refractivity contribution in [2.75, 3.05) is 6.61 Å². The second-order valence-electron chi connectivity index (χ2n) is 3.69. The zero-order valence-electron chi connectivity index (χ0n) is 9.97. The largest absolute Gasteiger partial charge is 0.490 e. The van der Waals surface area contributed by atoms with Crippen LogP contribution in [0.3, 0.4) is 0 Å². The van der Waals surface area contributed by atoms with Crippen LogP contribution >= 0.6 is 0 Å². The topological polar surface area (TPSA) is 27.1 Å². The fourth-order valence-corrected chi connectivity index (χ4v) is 1.69. The predicted molar refractivity (Wildman–Crippen MR) is 69.0 cm³/mol. The first-order chi connectivity index (χ1) is 8.35. The predicted octanol–water partition coefficient (Wildman–Crippen LogP) is 3.13. The summed E-state index contributed by atoms with van der Waals surface area (Å²) in [7, 11) is 0. The van der Waals surface area contributed by atoms with Gasteiger partial charge >= 0.3 is 0 Å². The number of nitrogens with zero attached hydrogens (tertiary/aromatic N) is 2. The van der Waals surface area contributed by atoms with Crippen molar-refractivity contribution in [2.24, 2.45) is 0 Å². The van der Waals surface area contributed by atoms with Crippen LogP contribution in [0.5, 0.6) is 5.75 Å². The van der Waals surface area contributed by atoms with Crippen LogP contribution in [0.15, 0.2) is 49.4 Å². The van der Waals surface area contributed by atoms with Gasteiger partial charge < -0.3 is 9.30 Å². The van der Waals surface area contributed by atoms with Crippen molar-refractivity contribution in [3.63, 3.8) is 0 Å². The van der Waals surface area contributed by atoms with Gasteiger partial charge in [0.05, 0.1) is 18.2 Å². The van der Waals surface area contributed by atoms with Crippen LogP contribution in [0.4, 0.5) is 0 Å². The van der Waals surface area contributed by atoms with Gasteiger partial charge in [0.25, 0.3) is 0 Å². The van der Waals surface area contributed by atoms with Crippen molar-refractivity contribution in [3.05, 3.63) is 49.4 Å². The van der Waals surface area contributed by atoms with Gasteiger partial charge in [0.15, 0.2) is 0 Å². The second-order valence-corrected chi connectivity index (χ2v) is 3.69. The molecule has 0 unspecified atom stereocenters. The number of benzene rings is 1. The average Bonchev–Trinajstić information content (AvgIpc) is 2.85. The zero-order chi connectivity index (χ0) is 12.1. The molecule has 3 heteroatoms. The summed E-state index contributed by atoms with van der Waals surface area (Å²) in [5.41, 5.74) is 2.28. The van der Waals surface area contributed by atoms with E-state index in [2.05, 4.69) is 23.1 Å². The Morgan fingerprint density at radius 1 is 1.35 bits per heavy atom. The van der Waals surface area contributed by atoms with Crippen LogP contribution in [0.1, 0.15) is 6.92 Å². The third-order valence-corrected chi connectivity index (χ3v) is 2.57. The summed E-state index contributed by atoms with van der Waals surface area (Å²) in [5, 5.41) is 0. The maximum atomic E-state index is 5.44. The standard InChI is InChI=1S/C14H16N2O/c1-3-9-17-13-7-5-12(6-8-13)14-10-15-11-16(14)4-2/h3,5-8,10-11H,1,4,9H2,2H3. The molecule has 0 radical (unpaired) electrons. The molecule has 1 heterocycles. The summed E-state index contributed by atoms with van der Waals surface area (Å²) in [4.78, 5) is 4.16. The van der Waals surface area contributed by atoms with E-state index >= 15 is 0 Å². The van der Waals surface area contributed by atoms with E-state index in [0.717, 1.165) is 23.6 Å². The van der Waals surface area contributed by atoms with Crippen LogP contribution in [-0.2, 0) is 6.54 Å². The summed E-state index contributed by atoms with van der Waals surface area (Å²) in [6.07, 6.45) is 5.46. The first-order valence-electron chi connectivity index (χ1n) is 5.69. The summed E-state index contributed by atoms with van der Waals surface area (Å²) in [6, 6.07) is 8.01. The molecular weight excluding hydrogens is 212 g/mol. The molecule has 0 spiro atoms. The average molecular weight is 228 g/mol. The molecule has 0 aliphatic heterocycles. The molecule has 3 nitrogen and oxygen atoms in total. The molecule has 0 N–H and O–H groups in total. The highest BCUT2D eigenvalue weighted by Crippen LogP contribution is 2.22. The smallest absolute Gasteiger partial charge is 0.119 e. The van der Waals surface area contributed by atoms with E-state index in [4.69, 9.17) is 4.74 Å². The number of rotatable bonds is 5. The molecule has 88 valence electrons. The van der Waals surface area contributed by atoms with E-state index < -0.39 is 0 Å². The van der Waals surface area contributed by atoms with Gasteiger partial charge in [-0.25, -0.2) is 4.98 Å². The maximum Gasteiger partial charge on any atom is 0.119 e. The van der Waals surface area contributed by atoms with Gasteiger partial charge in [0.1, 0.15) is 12.4 Å². The Bertz CT molecular complexity index is 485. The third kappa shape index (κ3) is 2.56. The first-order valence-corrected chi connectivity index (χ1v) is 5.69. The van der Waals surface area contributed by atoms with E-state index in [-0.39, 0.29) is 0 Å². The molecule has 17 heavy (non-hydrogen) atoms. The van der Waals surface area contributed by atoms with E-state index in [1.54, 1.807) is 6.08 Å². The Balaban J connectivity index is 2.20. The van der Waals surface area contributed by atoms with E-state index in [9.17, 15) is 0 Å². The molecular formula is C14H16N2O. The van der Waals surface area contributed by atoms with Gasteiger partial charge in [-0.3, -0.25) is 0 Å². The van der Waals surface area contributed by atoms with Gasteiger partial charge in [-0.1, -0.05) is 12.7 Å². The Labute approximate surface area is 101 Å². The molecule has 1 aromatic heterocycles. The minimum absolute atomic E-state index is 0.534. The van der Waals surface area contributed by atoms with Crippen molar-refractivity contribution in [1.29, 1.82) is 0 Å². The van der Waals surface area contributed by atoms with Gasteiger partial charge in [-0.15, -0.1) is 0 Å². The highest BCUT2D eigenvalue weighted by Gasteiger charge is 2.03. The lowest BCUT2D eigenvalue weighted by Crippen LogP contribution is -1.95. The fraction of sp³-hybridized carbons (Fsp3) is 0.214. The first kappa shape index (κ1) is 11.5. The lowest BCUT2D eigenvalue weighted by molar-refractivity contribution is 0.363. The highest BCUT2D eigenvalue weighted by molar-refractivity contribution is 5.59. The summed E-state index contributed by atoms with van der Waals surface area (Å²) >= 11 is 0. The SMILES string of the molecule is C=CCOc1ccc(-c2cncn2CC)cc1. The van der Waals surface area contributed by atoms with Gasteiger partial charge in [0, 0.05) is 12.1 Å². The molecule has 0 bridgehead atoms. The maximum absolute atomic E-state index is 5.44. The van der Waals surface area contributed by atoms with Crippen LogP contribution in [0.25, 0.3) is 11.3 Å². The summed E-state index contributed by atoms with van der Waals surface area (Å²) in [6.45, 7) is 7.18. The Morgan fingerprint density at radius 2 is 2.12 bits per heavy atom. The van der Waals surface area contributed by atoms with Crippen LogP contribution in [0, 0.1) is 0 Å². The van der Waals surface area contributed by atoms with Crippen molar-refractivity contribution in [2.45, 2.75) is 13.5 Å². The fourth-order valence-electron chi connectivity index (χ4n) is 1.69. The minimum atomic E-state index is 0.534. The Kier molecular flexibility index (Phi) is 3.60. The molecule has 1 aromatic carbocycles. The third-order valence-electron chi connectivity index (χ3n) is 2.57. The van der Waals surface area contributed by atoms with E-state index in [1.807, 2.05) is 36.8 Å². The number of aromatic nitrogens is 2. The molecule has 0 saturated carbocycles. The second kappa shape index (κ2) is 5.34. The Morgan fingerprint density at radius 3 is 2.76 bits per heavy atom. The van der Waals surface area contributed by atoms with E-state index in [1.165, 1.54) is 0 Å². The molecule has 0 fully saturated rings. The molecule has 0 aliphatic rings. The number of ether oxygens (including phenoxy) is 1. The number of hydrogen-bond donors (Lipinski definition) is 0. The van der Waals surface area contributed by atoms with Gasteiger partial charge in [-0.2, -0.15) is 0 Å². The van der Waals surface area contributed by atoms with Crippen LogP contribution < -0.4 is 4.74 Å². The van der Waals surface area contributed by atoms with Crippen molar-refractivity contribution >= 4 is 0 Å².